The Morgan fingerprint density at radius 3 is 2.31 bits per heavy atom. The predicted octanol–water partition coefficient (Wildman–Crippen LogP) is 4.89. The lowest BCUT2D eigenvalue weighted by Gasteiger charge is -2.39. The van der Waals surface area contributed by atoms with Gasteiger partial charge in [-0.15, -0.1) is 0 Å². The first-order chi connectivity index (χ1) is 23.2. The Bertz CT molecular complexity index is 1550. The zero-order chi connectivity index (χ0) is 33.7. The van der Waals surface area contributed by atoms with Crippen LogP contribution in [0.5, 0.6) is 0 Å². The number of carbonyl (C=O) groups is 2. The summed E-state index contributed by atoms with van der Waals surface area (Å²) in [6, 6.07) is 22.0. The molecule has 3 fully saturated rings. The number of hydrogen-bond donors (Lipinski definition) is 2. The molecule has 3 saturated heterocycles. The summed E-state index contributed by atoms with van der Waals surface area (Å²) in [6.45, 7) is 3.81. The Morgan fingerprint density at radius 2 is 1.60 bits per heavy atom. The standard InChI is InChI=1S/C36H40F3N3O6/c37-36(38,39)35(45)42-15-3-6-31(42)33(44)40-21-28-4-1-2-5-30(28)25-11-13-27(14-12-25)34-47-29(22-41-16-18-46-19-17-41)20-32(48-34)26-9-7-24(23-43)8-10-26/h1-2,4-5,7-14,29,31-32,34,43H,3,6,15-23H2,(H,40,44)/t29-,31-,32+,34+/m0/s1. The topological polar surface area (TPSA) is 101 Å². The van der Waals surface area contributed by atoms with Crippen LogP contribution in [0, 0.1) is 0 Å². The maximum atomic E-state index is 13.1. The van der Waals surface area contributed by atoms with Crippen LogP contribution in [0.1, 0.15) is 53.9 Å². The molecule has 3 aromatic rings. The van der Waals surface area contributed by atoms with Gasteiger partial charge in [-0.2, -0.15) is 13.2 Å². The maximum absolute atomic E-state index is 13.1. The van der Waals surface area contributed by atoms with Gasteiger partial charge in [0.05, 0.1) is 32.0 Å². The molecule has 0 saturated carbocycles. The van der Waals surface area contributed by atoms with Crippen molar-refractivity contribution in [2.75, 3.05) is 39.4 Å². The molecule has 12 heteroatoms. The van der Waals surface area contributed by atoms with Gasteiger partial charge in [0.15, 0.2) is 6.29 Å². The molecule has 6 rings (SSSR count). The van der Waals surface area contributed by atoms with Gasteiger partial charge < -0.3 is 29.5 Å². The van der Waals surface area contributed by atoms with Gasteiger partial charge in [0.2, 0.25) is 5.91 Å². The monoisotopic (exact) mass is 667 g/mol. The second-order valence-corrected chi connectivity index (χ2v) is 12.4. The summed E-state index contributed by atoms with van der Waals surface area (Å²) in [5.41, 5.74) is 5.23. The summed E-state index contributed by atoms with van der Waals surface area (Å²) in [7, 11) is 0. The fraction of sp³-hybridized carbons (Fsp3) is 0.444. The van der Waals surface area contributed by atoms with Gasteiger partial charge >= 0.3 is 12.1 Å². The van der Waals surface area contributed by atoms with Crippen LogP contribution in [-0.2, 0) is 37.0 Å². The van der Waals surface area contributed by atoms with Crippen LogP contribution in [0.3, 0.4) is 0 Å². The molecule has 0 bridgehead atoms. The number of morpholine rings is 1. The molecule has 3 aromatic carbocycles. The number of benzene rings is 3. The highest BCUT2D eigenvalue weighted by atomic mass is 19.4. The van der Waals surface area contributed by atoms with Crippen molar-refractivity contribution in [3.05, 3.63) is 95.1 Å². The van der Waals surface area contributed by atoms with E-state index in [0.29, 0.717) is 31.0 Å². The van der Waals surface area contributed by atoms with Gasteiger partial charge in [0, 0.05) is 44.7 Å². The first-order valence-corrected chi connectivity index (χ1v) is 16.3. The highest BCUT2D eigenvalue weighted by Gasteiger charge is 2.47. The number of alkyl halides is 3. The summed E-state index contributed by atoms with van der Waals surface area (Å²) in [4.78, 5) is 27.7. The van der Waals surface area contributed by atoms with Crippen molar-refractivity contribution < 1.29 is 42.1 Å². The normalized spacial score (nSPS) is 23.6. The second-order valence-electron chi connectivity index (χ2n) is 12.4. The third-order valence-corrected chi connectivity index (χ3v) is 9.20. The summed E-state index contributed by atoms with van der Waals surface area (Å²) in [5.74, 6) is -2.58. The van der Waals surface area contributed by atoms with Gasteiger partial charge in [-0.25, -0.2) is 0 Å². The number of likely N-dealkylation sites (tertiary alicyclic amines) is 1. The minimum absolute atomic E-state index is 0.0267. The van der Waals surface area contributed by atoms with Crippen molar-refractivity contribution in [3.63, 3.8) is 0 Å². The molecule has 0 radical (unpaired) electrons. The molecule has 48 heavy (non-hydrogen) atoms. The molecule has 0 unspecified atom stereocenters. The van der Waals surface area contributed by atoms with E-state index in [0.717, 1.165) is 53.0 Å². The minimum atomic E-state index is -5.02. The summed E-state index contributed by atoms with van der Waals surface area (Å²) >= 11 is 0. The molecule has 4 atom stereocenters. The molecule has 3 aliphatic heterocycles. The molecule has 0 spiro atoms. The van der Waals surface area contributed by atoms with Gasteiger partial charge in [-0.05, 0) is 40.7 Å². The molecule has 9 nitrogen and oxygen atoms in total. The van der Waals surface area contributed by atoms with E-state index < -0.39 is 30.3 Å². The first-order valence-electron chi connectivity index (χ1n) is 16.3. The minimum Gasteiger partial charge on any atom is -0.392 e. The summed E-state index contributed by atoms with van der Waals surface area (Å²) in [5, 5.41) is 12.2. The SMILES string of the molecule is O=C(NCc1ccccc1-c1ccc([C@@H]2O[C@H](CN3CCOCC3)C[C@H](c3ccc(CO)cc3)O2)cc1)[C@@H]1CCCN1C(=O)C(F)(F)F. The number of rotatable bonds is 9. The number of nitrogens with one attached hydrogen (secondary N) is 1. The summed E-state index contributed by atoms with van der Waals surface area (Å²) < 4.78 is 57.7. The van der Waals surface area contributed by atoms with Gasteiger partial charge in [-0.1, -0.05) is 72.8 Å². The van der Waals surface area contributed by atoms with Crippen LogP contribution in [0.4, 0.5) is 13.2 Å². The number of aliphatic hydroxyl groups excluding tert-OH is 1. The third kappa shape index (κ3) is 8.07. The fourth-order valence-electron chi connectivity index (χ4n) is 6.63. The number of aliphatic hydroxyl groups is 1. The Morgan fingerprint density at radius 1 is 0.896 bits per heavy atom. The second kappa shape index (κ2) is 15.2. The quantitative estimate of drug-likeness (QED) is 0.335. The average molecular weight is 668 g/mol. The number of hydrogen-bond acceptors (Lipinski definition) is 7. The molecule has 2 amide bonds. The molecule has 2 N–H and O–H groups in total. The summed E-state index contributed by atoms with van der Waals surface area (Å²) in [6.07, 6.45) is -4.70. The van der Waals surface area contributed by atoms with E-state index in [1.54, 1.807) is 0 Å². The predicted molar refractivity (Wildman–Crippen MR) is 170 cm³/mol. The van der Waals surface area contributed by atoms with E-state index in [9.17, 15) is 27.9 Å². The molecule has 3 aliphatic rings. The average Bonchev–Trinajstić information content (AvgIpc) is 3.60. The Labute approximate surface area is 277 Å². The smallest absolute Gasteiger partial charge is 0.392 e. The maximum Gasteiger partial charge on any atom is 0.471 e. The Kier molecular flexibility index (Phi) is 10.8. The molecule has 0 aliphatic carbocycles. The Hall–Kier alpha value is -3.81. The molecular formula is C36H40F3N3O6. The number of halogens is 3. The fourth-order valence-corrected chi connectivity index (χ4v) is 6.63. The van der Waals surface area contributed by atoms with Gasteiger partial charge in [0.25, 0.3) is 0 Å². The number of nitrogens with zero attached hydrogens (tertiary/aromatic N) is 2. The highest BCUT2D eigenvalue weighted by molar-refractivity contribution is 5.90. The van der Waals surface area contributed by atoms with Crippen molar-refractivity contribution in [3.8, 4) is 11.1 Å². The first kappa shape index (κ1) is 34.1. The van der Waals surface area contributed by atoms with Crippen molar-refractivity contribution in [2.45, 2.75) is 63.1 Å². The van der Waals surface area contributed by atoms with Crippen molar-refractivity contribution in [2.24, 2.45) is 0 Å². The van der Waals surface area contributed by atoms with E-state index in [-0.39, 0.29) is 38.3 Å². The van der Waals surface area contributed by atoms with Crippen LogP contribution >= 0.6 is 0 Å². The van der Waals surface area contributed by atoms with E-state index in [1.807, 2.05) is 72.8 Å². The lowest BCUT2D eigenvalue weighted by atomic mass is 9.97. The van der Waals surface area contributed by atoms with Gasteiger partial charge in [-0.3, -0.25) is 14.5 Å². The van der Waals surface area contributed by atoms with Crippen molar-refractivity contribution in [1.29, 1.82) is 0 Å². The molecule has 0 aromatic heterocycles. The highest BCUT2D eigenvalue weighted by Crippen LogP contribution is 2.39. The van der Waals surface area contributed by atoms with E-state index in [2.05, 4.69) is 10.2 Å². The van der Waals surface area contributed by atoms with Crippen molar-refractivity contribution >= 4 is 11.8 Å². The van der Waals surface area contributed by atoms with Crippen LogP contribution in [0.15, 0.2) is 72.8 Å². The third-order valence-electron chi connectivity index (χ3n) is 9.20. The van der Waals surface area contributed by atoms with E-state index in [1.165, 1.54) is 0 Å². The number of ether oxygens (including phenoxy) is 3. The lowest BCUT2D eigenvalue weighted by molar-refractivity contribution is -0.253. The van der Waals surface area contributed by atoms with Gasteiger partial charge in [0.1, 0.15) is 6.04 Å². The van der Waals surface area contributed by atoms with Crippen LogP contribution in [-0.4, -0.2) is 84.4 Å². The van der Waals surface area contributed by atoms with Crippen LogP contribution in [0.2, 0.25) is 0 Å². The van der Waals surface area contributed by atoms with Crippen molar-refractivity contribution in [1.82, 2.24) is 15.1 Å². The Balaban J connectivity index is 1.15. The van der Waals surface area contributed by atoms with E-state index in [4.69, 9.17) is 14.2 Å². The number of amides is 2. The van der Waals surface area contributed by atoms with E-state index >= 15 is 0 Å². The zero-order valence-electron chi connectivity index (χ0n) is 26.5. The van der Waals surface area contributed by atoms with Crippen LogP contribution < -0.4 is 5.32 Å². The largest absolute Gasteiger partial charge is 0.471 e. The molecular weight excluding hydrogens is 627 g/mol. The lowest BCUT2D eigenvalue weighted by Crippen LogP contribution is -2.50. The molecule has 256 valence electrons. The zero-order valence-corrected chi connectivity index (χ0v) is 26.5. The van der Waals surface area contributed by atoms with Crippen LogP contribution in [0.25, 0.3) is 11.1 Å². The number of carbonyl (C=O) groups excluding carboxylic acids is 2. The molecule has 3 heterocycles.